The van der Waals surface area contributed by atoms with Gasteiger partial charge in [-0.05, 0) is 30.5 Å². The number of quaternary nitrogens is 1. The minimum absolute atomic E-state index is 0. The van der Waals surface area contributed by atoms with Crippen LogP contribution in [0.2, 0.25) is 5.02 Å². The SMILES string of the molecule is C[NH+](C)C1CCCc2c(OCc3ccccc3)ccc(Cl)c21.[Cl-]. The summed E-state index contributed by atoms with van der Waals surface area (Å²) in [6.07, 6.45) is 3.45. The summed E-state index contributed by atoms with van der Waals surface area (Å²) in [5.41, 5.74) is 3.79. The second kappa shape index (κ2) is 8.05. The highest BCUT2D eigenvalue weighted by Crippen LogP contribution is 2.38. The molecule has 1 unspecified atom stereocenters. The molecule has 2 aromatic rings. The number of halogens is 2. The largest absolute Gasteiger partial charge is 1.00 e. The summed E-state index contributed by atoms with van der Waals surface area (Å²) in [5, 5.41) is 0.882. The minimum Gasteiger partial charge on any atom is -1.00 e. The molecule has 3 rings (SSSR count). The molecule has 0 bridgehead atoms. The lowest BCUT2D eigenvalue weighted by molar-refractivity contribution is -0.893. The fourth-order valence-corrected chi connectivity index (χ4v) is 3.63. The Morgan fingerprint density at radius 3 is 2.57 bits per heavy atom. The van der Waals surface area contributed by atoms with Crippen LogP contribution in [0.15, 0.2) is 42.5 Å². The molecule has 23 heavy (non-hydrogen) atoms. The molecule has 4 heteroatoms. The number of rotatable bonds is 4. The first-order valence-corrected chi connectivity index (χ1v) is 8.32. The number of hydrogen-bond donors (Lipinski definition) is 1. The standard InChI is InChI=1S/C19H22ClNO.ClH/c1-21(2)17-10-6-9-15-18(12-11-16(20)19(15)17)22-13-14-7-4-3-5-8-14;/h3-5,7-8,11-12,17H,6,9-10,13H2,1-2H3;1H. The van der Waals surface area contributed by atoms with Crippen molar-refractivity contribution in [3.8, 4) is 5.75 Å². The number of benzene rings is 2. The van der Waals surface area contributed by atoms with E-state index in [0.717, 1.165) is 17.2 Å². The maximum absolute atomic E-state index is 6.50. The molecule has 0 heterocycles. The van der Waals surface area contributed by atoms with Crippen LogP contribution in [0.3, 0.4) is 0 Å². The van der Waals surface area contributed by atoms with Gasteiger partial charge in [0, 0.05) is 17.5 Å². The Balaban J connectivity index is 0.00000192. The van der Waals surface area contributed by atoms with Crippen LogP contribution in [0.4, 0.5) is 0 Å². The lowest BCUT2D eigenvalue weighted by Gasteiger charge is -2.30. The van der Waals surface area contributed by atoms with Gasteiger partial charge in [0.25, 0.3) is 0 Å². The van der Waals surface area contributed by atoms with E-state index >= 15 is 0 Å². The van der Waals surface area contributed by atoms with Gasteiger partial charge in [0.05, 0.1) is 19.1 Å². The Kier molecular flexibility index (Phi) is 6.34. The van der Waals surface area contributed by atoms with Crippen molar-refractivity contribution in [2.75, 3.05) is 14.1 Å². The van der Waals surface area contributed by atoms with Gasteiger partial charge >= 0.3 is 0 Å². The fraction of sp³-hybridized carbons (Fsp3) is 0.368. The van der Waals surface area contributed by atoms with Gasteiger partial charge in [-0.15, -0.1) is 0 Å². The second-order valence-electron chi connectivity index (χ2n) is 6.23. The van der Waals surface area contributed by atoms with Gasteiger partial charge in [-0.1, -0.05) is 41.9 Å². The third-order valence-electron chi connectivity index (χ3n) is 4.46. The maximum atomic E-state index is 6.50. The van der Waals surface area contributed by atoms with Gasteiger partial charge < -0.3 is 22.0 Å². The Bertz CT molecular complexity index is 643. The zero-order valence-electron chi connectivity index (χ0n) is 13.6. The Morgan fingerprint density at radius 2 is 1.87 bits per heavy atom. The topological polar surface area (TPSA) is 13.7 Å². The third kappa shape index (κ3) is 4.00. The number of nitrogens with one attached hydrogen (secondary N) is 1. The summed E-state index contributed by atoms with van der Waals surface area (Å²) in [6, 6.07) is 14.8. The van der Waals surface area contributed by atoms with Crippen molar-refractivity contribution in [1.29, 1.82) is 0 Å². The lowest BCUT2D eigenvalue weighted by Crippen LogP contribution is -3.06. The van der Waals surface area contributed by atoms with E-state index in [1.807, 2.05) is 30.3 Å². The molecule has 124 valence electrons. The Labute approximate surface area is 149 Å². The molecule has 0 saturated heterocycles. The molecule has 0 saturated carbocycles. The van der Waals surface area contributed by atoms with Crippen LogP contribution in [-0.4, -0.2) is 14.1 Å². The van der Waals surface area contributed by atoms with E-state index in [0.29, 0.717) is 12.6 Å². The Hall–Kier alpha value is -1.22. The highest BCUT2D eigenvalue weighted by Gasteiger charge is 2.29. The minimum atomic E-state index is 0. The second-order valence-corrected chi connectivity index (χ2v) is 6.64. The molecule has 1 atom stereocenters. The zero-order chi connectivity index (χ0) is 15.5. The van der Waals surface area contributed by atoms with E-state index in [9.17, 15) is 0 Å². The molecule has 0 fully saturated rings. The summed E-state index contributed by atoms with van der Waals surface area (Å²) in [6.45, 7) is 0.606. The monoisotopic (exact) mass is 351 g/mol. The van der Waals surface area contributed by atoms with Gasteiger partial charge in [-0.2, -0.15) is 0 Å². The average Bonchev–Trinajstić information content (AvgIpc) is 2.55. The fourth-order valence-electron chi connectivity index (χ4n) is 3.33. The van der Waals surface area contributed by atoms with Crippen LogP contribution < -0.4 is 22.0 Å². The predicted molar refractivity (Wildman–Crippen MR) is 90.7 cm³/mol. The molecule has 0 radical (unpaired) electrons. The molecule has 1 N–H and O–H groups in total. The van der Waals surface area contributed by atoms with E-state index < -0.39 is 0 Å². The van der Waals surface area contributed by atoms with Crippen LogP contribution in [-0.2, 0) is 13.0 Å². The highest BCUT2D eigenvalue weighted by atomic mass is 35.5. The van der Waals surface area contributed by atoms with E-state index in [4.69, 9.17) is 16.3 Å². The average molecular weight is 352 g/mol. The zero-order valence-corrected chi connectivity index (χ0v) is 15.1. The molecular formula is C19H23Cl2NO. The summed E-state index contributed by atoms with van der Waals surface area (Å²) < 4.78 is 6.11. The molecule has 0 aromatic heterocycles. The van der Waals surface area contributed by atoms with Crippen LogP contribution in [0, 0.1) is 0 Å². The van der Waals surface area contributed by atoms with E-state index in [-0.39, 0.29) is 12.4 Å². The maximum Gasteiger partial charge on any atom is 0.123 e. The predicted octanol–water partition coefficient (Wildman–Crippen LogP) is 0.445. The first-order chi connectivity index (χ1) is 10.7. The van der Waals surface area contributed by atoms with Crippen LogP contribution in [0.25, 0.3) is 0 Å². The van der Waals surface area contributed by atoms with Gasteiger partial charge in [0.2, 0.25) is 0 Å². The molecule has 0 amide bonds. The molecular weight excluding hydrogens is 329 g/mol. The molecule has 2 nitrogen and oxygen atoms in total. The van der Waals surface area contributed by atoms with Crippen LogP contribution >= 0.6 is 11.6 Å². The summed E-state index contributed by atoms with van der Waals surface area (Å²) in [4.78, 5) is 1.43. The van der Waals surface area contributed by atoms with Crippen molar-refractivity contribution in [3.05, 3.63) is 64.2 Å². The van der Waals surface area contributed by atoms with Gasteiger partial charge in [-0.25, -0.2) is 0 Å². The van der Waals surface area contributed by atoms with Crippen molar-refractivity contribution in [2.24, 2.45) is 0 Å². The summed E-state index contributed by atoms with van der Waals surface area (Å²) in [7, 11) is 4.40. The van der Waals surface area contributed by atoms with Crippen molar-refractivity contribution in [2.45, 2.75) is 31.9 Å². The quantitative estimate of drug-likeness (QED) is 0.844. The van der Waals surface area contributed by atoms with Crippen molar-refractivity contribution in [3.63, 3.8) is 0 Å². The Morgan fingerprint density at radius 1 is 1.13 bits per heavy atom. The number of fused-ring (bicyclic) bond motifs is 1. The molecule has 2 aromatic carbocycles. The van der Waals surface area contributed by atoms with Crippen LogP contribution in [0.1, 0.15) is 35.6 Å². The van der Waals surface area contributed by atoms with E-state index in [1.54, 1.807) is 0 Å². The van der Waals surface area contributed by atoms with Crippen molar-refractivity contribution in [1.82, 2.24) is 0 Å². The normalized spacial score (nSPS) is 16.6. The molecule has 0 aliphatic heterocycles. The van der Waals surface area contributed by atoms with Crippen molar-refractivity contribution < 1.29 is 22.0 Å². The highest BCUT2D eigenvalue weighted by molar-refractivity contribution is 6.31. The van der Waals surface area contributed by atoms with E-state index in [2.05, 4.69) is 26.2 Å². The smallest absolute Gasteiger partial charge is 0.123 e. The summed E-state index contributed by atoms with van der Waals surface area (Å²) >= 11 is 6.50. The number of ether oxygens (including phenoxy) is 1. The van der Waals surface area contributed by atoms with Crippen molar-refractivity contribution >= 4 is 11.6 Å². The molecule has 1 aliphatic rings. The van der Waals surface area contributed by atoms with Gasteiger partial charge in [0.1, 0.15) is 18.4 Å². The summed E-state index contributed by atoms with van der Waals surface area (Å²) in [5.74, 6) is 0.995. The number of hydrogen-bond acceptors (Lipinski definition) is 1. The van der Waals surface area contributed by atoms with Crippen LogP contribution in [0.5, 0.6) is 5.75 Å². The van der Waals surface area contributed by atoms with Gasteiger partial charge in [-0.3, -0.25) is 0 Å². The lowest BCUT2D eigenvalue weighted by atomic mass is 9.86. The molecule has 1 aliphatic carbocycles. The third-order valence-corrected chi connectivity index (χ3v) is 4.79. The van der Waals surface area contributed by atoms with Gasteiger partial charge in [0.15, 0.2) is 0 Å². The van der Waals surface area contributed by atoms with E-state index in [1.165, 1.54) is 34.4 Å². The molecule has 0 spiro atoms. The first-order valence-electron chi connectivity index (χ1n) is 7.95. The first kappa shape index (κ1) is 18.1.